The Bertz CT molecular complexity index is 1480. The Morgan fingerprint density at radius 1 is 1.13 bits per heavy atom. The van der Waals surface area contributed by atoms with Crippen molar-refractivity contribution < 1.29 is 24.0 Å². The van der Waals surface area contributed by atoms with E-state index in [1.807, 2.05) is 6.92 Å². The van der Waals surface area contributed by atoms with E-state index in [1.165, 1.54) is 12.1 Å². The highest BCUT2D eigenvalue weighted by atomic mass is 79.9. The number of halogens is 1. The molecule has 9 nitrogen and oxygen atoms in total. The van der Waals surface area contributed by atoms with Gasteiger partial charge in [-0.05, 0) is 87.7 Å². The van der Waals surface area contributed by atoms with E-state index in [4.69, 9.17) is 9.47 Å². The second kappa shape index (κ2) is 11.9. The first kappa shape index (κ1) is 26.9. The molecule has 38 heavy (non-hydrogen) atoms. The fourth-order valence-corrected chi connectivity index (χ4v) is 5.08. The summed E-state index contributed by atoms with van der Waals surface area (Å²) in [6.07, 6.45) is 1.61. The fourth-order valence-electron chi connectivity index (χ4n) is 3.67. The smallest absolute Gasteiger partial charge is 0.293 e. The lowest BCUT2D eigenvalue weighted by Gasteiger charge is -2.15. The minimum absolute atomic E-state index is 0.00650. The number of nitriles is 1. The van der Waals surface area contributed by atoms with Gasteiger partial charge in [-0.3, -0.25) is 24.6 Å². The van der Waals surface area contributed by atoms with Crippen LogP contribution in [0.3, 0.4) is 0 Å². The molecule has 1 aliphatic heterocycles. The summed E-state index contributed by atoms with van der Waals surface area (Å²) in [5.74, 6) is 0.418. The van der Waals surface area contributed by atoms with E-state index in [-0.39, 0.29) is 23.7 Å². The van der Waals surface area contributed by atoms with Crippen molar-refractivity contribution in [1.29, 1.82) is 5.26 Å². The molecule has 0 aliphatic carbocycles. The van der Waals surface area contributed by atoms with Gasteiger partial charge in [0.2, 0.25) is 0 Å². The highest BCUT2D eigenvalue weighted by Crippen LogP contribution is 2.40. The molecule has 0 atom stereocenters. The zero-order valence-corrected chi connectivity index (χ0v) is 22.5. The molecule has 11 heteroatoms. The summed E-state index contributed by atoms with van der Waals surface area (Å²) in [6, 6.07) is 18.4. The van der Waals surface area contributed by atoms with E-state index >= 15 is 0 Å². The van der Waals surface area contributed by atoms with Crippen molar-refractivity contribution in [2.24, 2.45) is 0 Å². The number of rotatable bonds is 9. The minimum atomic E-state index is -0.465. The highest BCUT2D eigenvalue weighted by Gasteiger charge is 2.35. The Morgan fingerprint density at radius 3 is 2.55 bits per heavy atom. The lowest BCUT2D eigenvalue weighted by atomic mass is 10.1. The van der Waals surface area contributed by atoms with E-state index < -0.39 is 16.1 Å². The topological polar surface area (TPSA) is 123 Å². The lowest BCUT2D eigenvalue weighted by molar-refractivity contribution is -0.384. The quantitative estimate of drug-likeness (QED) is 0.158. The van der Waals surface area contributed by atoms with E-state index in [2.05, 4.69) is 22.0 Å². The highest BCUT2D eigenvalue weighted by molar-refractivity contribution is 9.10. The van der Waals surface area contributed by atoms with Gasteiger partial charge in [0.05, 0.1) is 39.1 Å². The molecule has 1 fully saturated rings. The predicted octanol–water partition coefficient (Wildman–Crippen LogP) is 6.44. The second-order valence-corrected chi connectivity index (χ2v) is 9.86. The van der Waals surface area contributed by atoms with Crippen LogP contribution in [0.4, 0.5) is 10.5 Å². The molecule has 4 rings (SSSR count). The Hall–Kier alpha value is -4.14. The summed E-state index contributed by atoms with van der Waals surface area (Å²) in [5.41, 5.74) is 2.35. The van der Waals surface area contributed by atoms with Crippen LogP contribution in [0.15, 0.2) is 70.0 Å². The van der Waals surface area contributed by atoms with Gasteiger partial charge in [0.15, 0.2) is 11.5 Å². The second-order valence-electron chi connectivity index (χ2n) is 8.01. The van der Waals surface area contributed by atoms with Crippen LogP contribution in [0.1, 0.15) is 29.2 Å². The van der Waals surface area contributed by atoms with Crippen molar-refractivity contribution >= 4 is 50.6 Å². The summed E-state index contributed by atoms with van der Waals surface area (Å²) >= 11 is 4.33. The lowest BCUT2D eigenvalue weighted by Crippen LogP contribution is -2.27. The average Bonchev–Trinajstić information content (AvgIpc) is 3.16. The largest absolute Gasteiger partial charge is 0.490 e. The first-order chi connectivity index (χ1) is 18.3. The summed E-state index contributed by atoms with van der Waals surface area (Å²) < 4.78 is 12.3. The number of carbonyl (C=O) groups is 2. The number of imide groups is 1. The SMILES string of the molecule is CCOc1cc(/C=C2/SC(=O)N(Cc3ccccc3C#N)C2=O)cc(Br)c1OCc1ccc([N+](=O)[O-])cc1. The van der Waals surface area contributed by atoms with E-state index in [0.717, 1.165) is 22.2 Å². The summed E-state index contributed by atoms with van der Waals surface area (Å²) in [7, 11) is 0. The minimum Gasteiger partial charge on any atom is -0.490 e. The van der Waals surface area contributed by atoms with Gasteiger partial charge in [-0.25, -0.2) is 0 Å². The third kappa shape index (κ3) is 6.04. The van der Waals surface area contributed by atoms with Crippen LogP contribution in [0.5, 0.6) is 11.5 Å². The number of ether oxygens (including phenoxy) is 2. The molecule has 0 unspecified atom stereocenters. The molecule has 0 saturated carbocycles. The molecule has 0 spiro atoms. The molecular weight excluding hydrogens is 574 g/mol. The van der Waals surface area contributed by atoms with E-state index in [9.17, 15) is 25.0 Å². The normalized spacial score (nSPS) is 14.0. The number of nitro benzene ring substituents is 1. The predicted molar refractivity (Wildman–Crippen MR) is 145 cm³/mol. The van der Waals surface area contributed by atoms with Gasteiger partial charge < -0.3 is 9.47 Å². The fraction of sp³-hybridized carbons (Fsp3) is 0.148. The molecule has 1 heterocycles. The zero-order chi connectivity index (χ0) is 27.2. The summed E-state index contributed by atoms with van der Waals surface area (Å²) in [5, 5.41) is 19.8. The zero-order valence-electron chi connectivity index (χ0n) is 20.0. The van der Waals surface area contributed by atoms with Crippen LogP contribution >= 0.6 is 27.7 Å². The van der Waals surface area contributed by atoms with Gasteiger partial charge in [0, 0.05) is 12.1 Å². The Balaban J connectivity index is 1.54. The van der Waals surface area contributed by atoms with Gasteiger partial charge in [-0.1, -0.05) is 18.2 Å². The number of nitro groups is 1. The standard InChI is InChI=1S/C27H20BrN3O6S/c1-2-36-23-12-18(11-22(28)25(23)37-16-17-7-9-21(10-8-17)31(34)35)13-24-26(32)30(27(33)38-24)15-20-6-4-3-5-19(20)14-29/h3-13H,2,15-16H2,1H3/b24-13+. The van der Waals surface area contributed by atoms with Crippen LogP contribution in [-0.4, -0.2) is 27.6 Å². The molecule has 2 amide bonds. The molecular formula is C27H20BrN3O6S. The van der Waals surface area contributed by atoms with Crippen LogP contribution in [0.2, 0.25) is 0 Å². The third-order valence-corrected chi connectivity index (χ3v) is 7.00. The van der Waals surface area contributed by atoms with Gasteiger partial charge in [-0.15, -0.1) is 0 Å². The van der Waals surface area contributed by atoms with Crippen LogP contribution in [-0.2, 0) is 17.9 Å². The number of hydrogen-bond acceptors (Lipinski definition) is 8. The number of benzene rings is 3. The molecule has 1 aliphatic rings. The van der Waals surface area contributed by atoms with Crippen molar-refractivity contribution in [3.63, 3.8) is 0 Å². The van der Waals surface area contributed by atoms with Crippen molar-refractivity contribution in [3.8, 4) is 17.6 Å². The average molecular weight is 594 g/mol. The molecule has 3 aromatic rings. The monoisotopic (exact) mass is 593 g/mol. The molecule has 0 N–H and O–H groups in total. The summed E-state index contributed by atoms with van der Waals surface area (Å²) in [4.78, 5) is 37.4. The first-order valence-electron chi connectivity index (χ1n) is 11.4. The first-order valence-corrected chi connectivity index (χ1v) is 13.0. The molecule has 0 aromatic heterocycles. The summed E-state index contributed by atoms with van der Waals surface area (Å²) in [6.45, 7) is 2.35. The maximum Gasteiger partial charge on any atom is 0.293 e. The van der Waals surface area contributed by atoms with Crippen molar-refractivity contribution in [3.05, 3.63) is 102 Å². The van der Waals surface area contributed by atoms with Gasteiger partial charge >= 0.3 is 0 Å². The maximum atomic E-state index is 13.0. The Morgan fingerprint density at radius 2 is 1.87 bits per heavy atom. The number of thioether (sulfide) groups is 1. The molecule has 0 radical (unpaired) electrons. The molecule has 3 aromatic carbocycles. The Labute approximate surface area is 230 Å². The molecule has 0 bridgehead atoms. The number of non-ortho nitro benzene ring substituents is 1. The number of nitrogens with zero attached hydrogens (tertiary/aromatic N) is 3. The maximum absolute atomic E-state index is 13.0. The van der Waals surface area contributed by atoms with E-state index in [0.29, 0.717) is 39.3 Å². The molecule has 192 valence electrons. The number of amides is 2. The Kier molecular flexibility index (Phi) is 8.45. The van der Waals surface area contributed by atoms with Crippen LogP contribution in [0.25, 0.3) is 6.08 Å². The van der Waals surface area contributed by atoms with E-state index in [1.54, 1.807) is 54.6 Å². The van der Waals surface area contributed by atoms with Gasteiger partial charge in [0.25, 0.3) is 16.8 Å². The van der Waals surface area contributed by atoms with Crippen molar-refractivity contribution in [2.75, 3.05) is 6.61 Å². The number of carbonyl (C=O) groups excluding carboxylic acids is 2. The van der Waals surface area contributed by atoms with Crippen LogP contribution in [0, 0.1) is 21.4 Å². The van der Waals surface area contributed by atoms with Crippen molar-refractivity contribution in [2.45, 2.75) is 20.1 Å². The molecule has 1 saturated heterocycles. The number of hydrogen-bond donors (Lipinski definition) is 0. The third-order valence-electron chi connectivity index (χ3n) is 5.50. The van der Waals surface area contributed by atoms with Crippen molar-refractivity contribution in [1.82, 2.24) is 4.90 Å². The van der Waals surface area contributed by atoms with Gasteiger partial charge in [-0.2, -0.15) is 5.26 Å². The van der Waals surface area contributed by atoms with Gasteiger partial charge in [0.1, 0.15) is 6.61 Å². The van der Waals surface area contributed by atoms with Crippen LogP contribution < -0.4 is 9.47 Å².